The molecule has 0 bridgehead atoms. The van der Waals surface area contributed by atoms with E-state index in [0.717, 1.165) is 57.8 Å². The van der Waals surface area contributed by atoms with E-state index in [-0.39, 0.29) is 17.8 Å². The van der Waals surface area contributed by atoms with Gasteiger partial charge in [0.25, 0.3) is 0 Å². The van der Waals surface area contributed by atoms with E-state index in [1.807, 2.05) is 48.7 Å². The Hall–Kier alpha value is -3.55. The fourth-order valence-electron chi connectivity index (χ4n) is 6.82. The van der Waals surface area contributed by atoms with E-state index in [9.17, 15) is 5.11 Å². The average Bonchev–Trinajstić information content (AvgIpc) is 3.43. The number of hydrogen-bond donors (Lipinski definition) is 2. The first-order valence-corrected chi connectivity index (χ1v) is 15.0. The number of benzene rings is 2. The quantitative estimate of drug-likeness (QED) is 0.236. The fraction of sp³-hybridized carbons (Fsp3) is 0.333. The molecule has 212 valence electrons. The van der Waals surface area contributed by atoms with Gasteiger partial charge in [-0.1, -0.05) is 43.6 Å². The Balaban J connectivity index is 1.45. The zero-order chi connectivity index (χ0) is 28.8. The van der Waals surface area contributed by atoms with Crippen molar-refractivity contribution in [2.24, 2.45) is 11.8 Å². The fourth-order valence-corrected chi connectivity index (χ4v) is 7.46. The van der Waals surface area contributed by atoms with Crippen LogP contribution in [-0.4, -0.2) is 32.9 Å². The molecule has 4 aromatic rings. The number of hydrogen-bond acceptors (Lipinski definition) is 4. The highest BCUT2D eigenvalue weighted by Gasteiger charge is 2.42. The number of pyridine rings is 1. The first-order chi connectivity index (χ1) is 19.7. The van der Waals surface area contributed by atoms with E-state index in [1.165, 1.54) is 6.42 Å². The topological polar surface area (TPSA) is 56.6 Å². The van der Waals surface area contributed by atoms with Gasteiger partial charge in [-0.2, -0.15) is 0 Å². The number of anilines is 2. The minimum absolute atomic E-state index is 0.177. The summed E-state index contributed by atoms with van der Waals surface area (Å²) in [7, 11) is 0. The summed E-state index contributed by atoms with van der Waals surface area (Å²) in [5.74, 6) is 1.50. The van der Waals surface area contributed by atoms with E-state index >= 15 is 0 Å². The smallest absolute Gasteiger partial charge is 0.174 e. The molecule has 0 radical (unpaired) electrons. The first-order valence-electron chi connectivity index (χ1n) is 14.2. The lowest BCUT2D eigenvalue weighted by atomic mass is 9.91. The van der Waals surface area contributed by atoms with E-state index in [0.29, 0.717) is 16.9 Å². The monoisotopic (exact) mass is 585 g/mol. The van der Waals surface area contributed by atoms with Gasteiger partial charge in [0.2, 0.25) is 0 Å². The molecular formula is C33H36ClN5OS. The third kappa shape index (κ3) is 5.06. The molecular weight excluding hydrogens is 550 g/mol. The molecule has 2 saturated heterocycles. The molecule has 0 amide bonds. The number of aromatic nitrogens is 2. The summed E-state index contributed by atoms with van der Waals surface area (Å²) in [6.07, 6.45) is 3.06. The second-order valence-electron chi connectivity index (χ2n) is 11.6. The Bertz CT molecular complexity index is 1580. The second-order valence-corrected chi connectivity index (χ2v) is 12.4. The summed E-state index contributed by atoms with van der Waals surface area (Å²) in [4.78, 5) is 9.29. The van der Waals surface area contributed by atoms with E-state index in [1.54, 1.807) is 6.07 Å². The van der Waals surface area contributed by atoms with Gasteiger partial charge in [-0.3, -0.25) is 4.98 Å². The molecule has 6 nitrogen and oxygen atoms in total. The van der Waals surface area contributed by atoms with Gasteiger partial charge in [0, 0.05) is 36.4 Å². The number of nitrogens with zero attached hydrogens (tertiary/aromatic N) is 4. The maximum absolute atomic E-state index is 10.7. The van der Waals surface area contributed by atoms with Crippen LogP contribution >= 0.6 is 23.8 Å². The Morgan fingerprint density at radius 2 is 1.68 bits per heavy atom. The summed E-state index contributed by atoms with van der Waals surface area (Å²) in [5, 5.41) is 15.6. The number of para-hydroxylation sites is 2. The van der Waals surface area contributed by atoms with Crippen LogP contribution in [0, 0.1) is 25.7 Å². The van der Waals surface area contributed by atoms with Crippen molar-refractivity contribution in [2.45, 2.75) is 46.2 Å². The van der Waals surface area contributed by atoms with Gasteiger partial charge in [-0.15, -0.1) is 0 Å². The molecule has 2 aromatic carbocycles. The highest BCUT2D eigenvalue weighted by molar-refractivity contribution is 7.80. The van der Waals surface area contributed by atoms with Gasteiger partial charge in [0.1, 0.15) is 5.75 Å². The average molecular weight is 586 g/mol. The van der Waals surface area contributed by atoms with Crippen molar-refractivity contribution in [3.63, 3.8) is 0 Å². The summed E-state index contributed by atoms with van der Waals surface area (Å²) in [6, 6.07) is 21.6. The highest BCUT2D eigenvalue weighted by Crippen LogP contribution is 2.45. The Labute approximate surface area is 252 Å². The number of phenols is 1. The summed E-state index contributed by atoms with van der Waals surface area (Å²) in [5.41, 5.74) is 6.83. The molecule has 41 heavy (non-hydrogen) atoms. The molecule has 0 aliphatic carbocycles. The molecule has 0 unspecified atom stereocenters. The maximum Gasteiger partial charge on any atom is 0.174 e. The maximum atomic E-state index is 10.7. The van der Waals surface area contributed by atoms with Gasteiger partial charge >= 0.3 is 0 Å². The van der Waals surface area contributed by atoms with Crippen molar-refractivity contribution in [3.8, 4) is 11.4 Å². The predicted octanol–water partition coefficient (Wildman–Crippen LogP) is 7.51. The SMILES string of the molecule is Cc1cc([C@H]2[C@H](c3ccccn3)NC(=S)N2c2ccc(N3C[C@H](C)C[C@H](C)C3)c(Cl)c2)c(C)n1-c1ccccc1O. The molecule has 2 aliphatic heterocycles. The minimum Gasteiger partial charge on any atom is -0.506 e. The number of phenolic OH excluding ortho intramolecular Hbond substituents is 1. The number of aromatic hydroxyl groups is 1. The van der Waals surface area contributed by atoms with Crippen molar-refractivity contribution in [1.82, 2.24) is 14.9 Å². The third-order valence-corrected chi connectivity index (χ3v) is 9.05. The first kappa shape index (κ1) is 27.6. The number of piperidine rings is 1. The number of nitrogens with one attached hydrogen (secondary N) is 1. The lowest BCUT2D eigenvalue weighted by Crippen LogP contribution is -2.38. The van der Waals surface area contributed by atoms with Gasteiger partial charge < -0.3 is 24.8 Å². The lowest BCUT2D eigenvalue weighted by molar-refractivity contribution is 0.357. The molecule has 0 spiro atoms. The highest BCUT2D eigenvalue weighted by atomic mass is 35.5. The standard InChI is InChI=1S/C33H36ClN5OS/c1-20-15-21(2)19-37(18-20)28-13-12-24(17-26(28)34)39-32(31(36-33(39)41)27-9-7-8-14-35-27)25-16-22(3)38(23(25)4)29-10-5-6-11-30(29)40/h5-14,16-17,20-21,31-32,40H,15,18-19H2,1-4H3,(H,36,41)/t20-,21+,31-,32-/m0/s1. The number of rotatable bonds is 5. The number of halogens is 1. The minimum atomic E-state index is -0.180. The number of aryl methyl sites for hydroxylation is 1. The van der Waals surface area contributed by atoms with E-state index in [2.05, 4.69) is 65.6 Å². The van der Waals surface area contributed by atoms with Crippen LogP contribution in [0.4, 0.5) is 11.4 Å². The number of thiocarbonyl (C=S) groups is 1. The predicted molar refractivity (Wildman–Crippen MR) is 171 cm³/mol. The Morgan fingerprint density at radius 3 is 2.37 bits per heavy atom. The zero-order valence-corrected chi connectivity index (χ0v) is 25.5. The van der Waals surface area contributed by atoms with Crippen LogP contribution in [0.3, 0.4) is 0 Å². The van der Waals surface area contributed by atoms with Crippen LogP contribution in [0.5, 0.6) is 5.75 Å². The van der Waals surface area contributed by atoms with Crippen LogP contribution in [0.15, 0.2) is 72.9 Å². The zero-order valence-electron chi connectivity index (χ0n) is 23.9. The van der Waals surface area contributed by atoms with Gasteiger partial charge in [0.15, 0.2) is 5.11 Å². The molecule has 2 aliphatic rings. The molecule has 8 heteroatoms. The lowest BCUT2D eigenvalue weighted by Gasteiger charge is -2.37. The Kier molecular flexibility index (Phi) is 7.43. The van der Waals surface area contributed by atoms with Crippen LogP contribution < -0.4 is 15.1 Å². The van der Waals surface area contributed by atoms with Crippen molar-refractivity contribution >= 4 is 40.3 Å². The van der Waals surface area contributed by atoms with Crippen molar-refractivity contribution in [2.75, 3.05) is 22.9 Å². The molecule has 6 rings (SSSR count). The molecule has 2 fully saturated rings. The largest absolute Gasteiger partial charge is 0.506 e. The van der Waals surface area contributed by atoms with Crippen molar-refractivity contribution < 1.29 is 5.11 Å². The molecule has 4 heterocycles. The Morgan fingerprint density at radius 1 is 0.951 bits per heavy atom. The van der Waals surface area contributed by atoms with E-state index < -0.39 is 0 Å². The molecule has 2 N–H and O–H groups in total. The molecule has 4 atom stereocenters. The molecule has 2 aromatic heterocycles. The molecule has 0 saturated carbocycles. The normalized spacial score (nSPS) is 22.7. The second kappa shape index (κ2) is 11.0. The van der Waals surface area contributed by atoms with Gasteiger partial charge in [-0.05, 0) is 98.4 Å². The van der Waals surface area contributed by atoms with Crippen LogP contribution in [0.2, 0.25) is 5.02 Å². The van der Waals surface area contributed by atoms with Crippen molar-refractivity contribution in [3.05, 3.63) is 101 Å². The van der Waals surface area contributed by atoms with Gasteiger partial charge in [-0.25, -0.2) is 0 Å². The van der Waals surface area contributed by atoms with Crippen LogP contribution in [0.1, 0.15) is 55.0 Å². The summed E-state index contributed by atoms with van der Waals surface area (Å²) in [6.45, 7) is 10.8. The van der Waals surface area contributed by atoms with Gasteiger partial charge in [0.05, 0.1) is 34.2 Å². The van der Waals surface area contributed by atoms with Crippen LogP contribution in [-0.2, 0) is 0 Å². The van der Waals surface area contributed by atoms with Crippen LogP contribution in [0.25, 0.3) is 5.69 Å². The summed E-state index contributed by atoms with van der Waals surface area (Å²) >= 11 is 13.0. The van der Waals surface area contributed by atoms with Crippen molar-refractivity contribution in [1.29, 1.82) is 0 Å². The summed E-state index contributed by atoms with van der Waals surface area (Å²) < 4.78 is 2.11. The van der Waals surface area contributed by atoms with E-state index in [4.69, 9.17) is 28.8 Å². The third-order valence-electron chi connectivity index (χ3n) is 8.43.